The number of phenols is 1. The summed E-state index contributed by atoms with van der Waals surface area (Å²) in [5.41, 5.74) is 3.26. The summed E-state index contributed by atoms with van der Waals surface area (Å²) in [5.74, 6) is 0.00378. The van der Waals surface area contributed by atoms with Gasteiger partial charge >= 0.3 is 0 Å². The van der Waals surface area contributed by atoms with Crippen LogP contribution in [-0.2, 0) is 10.0 Å². The number of hydrogen-bond acceptors (Lipinski definition) is 6. The molecule has 0 atom stereocenters. The van der Waals surface area contributed by atoms with E-state index in [0.29, 0.717) is 16.3 Å². The van der Waals surface area contributed by atoms with Gasteiger partial charge in [-0.3, -0.25) is 9.52 Å². The quantitative estimate of drug-likeness (QED) is 0.368. The summed E-state index contributed by atoms with van der Waals surface area (Å²) in [4.78, 5) is 12.3. The normalized spacial score (nSPS) is 11.3. The summed E-state index contributed by atoms with van der Waals surface area (Å²) in [6.45, 7) is 0. The zero-order valence-electron chi connectivity index (χ0n) is 16.2. The second kappa shape index (κ2) is 9.50. The van der Waals surface area contributed by atoms with Crippen molar-refractivity contribution in [1.29, 1.82) is 0 Å². The Bertz CT molecular complexity index is 1210. The van der Waals surface area contributed by atoms with Crippen molar-refractivity contribution >= 4 is 39.4 Å². The molecule has 3 aromatic rings. The lowest BCUT2D eigenvalue weighted by molar-refractivity contribution is 0.0955. The fourth-order valence-electron chi connectivity index (χ4n) is 2.51. The van der Waals surface area contributed by atoms with Crippen molar-refractivity contribution in [1.82, 2.24) is 5.43 Å². The van der Waals surface area contributed by atoms with Gasteiger partial charge in [0.25, 0.3) is 15.9 Å². The summed E-state index contributed by atoms with van der Waals surface area (Å²) >= 11 is 5.78. The Kier molecular flexibility index (Phi) is 6.78. The standard InChI is InChI=1S/C21H18ClN3O5S/c1-30-18-8-11-20(26)15(12-18)13-23-24-21(27)14-2-6-17(7-3-14)25-31(28,29)19-9-4-16(22)5-10-19/h2-13,25-26H,1H3,(H,24,27)/b23-13+. The monoisotopic (exact) mass is 459 g/mol. The van der Waals surface area contributed by atoms with E-state index in [0.717, 1.165) is 0 Å². The molecule has 0 heterocycles. The number of nitrogens with zero attached hydrogens (tertiary/aromatic N) is 1. The maximum Gasteiger partial charge on any atom is 0.271 e. The number of carbonyl (C=O) groups is 1. The number of aromatic hydroxyl groups is 1. The first kappa shape index (κ1) is 22.1. The van der Waals surface area contributed by atoms with E-state index in [-0.39, 0.29) is 21.9 Å². The molecule has 3 rings (SSSR count). The van der Waals surface area contributed by atoms with Gasteiger partial charge in [0.05, 0.1) is 18.2 Å². The zero-order valence-corrected chi connectivity index (χ0v) is 17.8. The topological polar surface area (TPSA) is 117 Å². The summed E-state index contributed by atoms with van der Waals surface area (Å²) in [6, 6.07) is 16.2. The Morgan fingerprint density at radius 2 is 1.74 bits per heavy atom. The van der Waals surface area contributed by atoms with Gasteiger partial charge in [0, 0.05) is 21.8 Å². The molecule has 31 heavy (non-hydrogen) atoms. The molecule has 0 radical (unpaired) electrons. The predicted molar refractivity (Wildman–Crippen MR) is 118 cm³/mol. The van der Waals surface area contributed by atoms with Crippen molar-refractivity contribution < 1.29 is 23.1 Å². The lowest BCUT2D eigenvalue weighted by atomic mass is 10.2. The fraction of sp³-hybridized carbons (Fsp3) is 0.0476. The van der Waals surface area contributed by atoms with E-state index in [1.54, 1.807) is 12.1 Å². The van der Waals surface area contributed by atoms with Crippen LogP contribution in [0.2, 0.25) is 5.02 Å². The van der Waals surface area contributed by atoms with Crippen LogP contribution in [0.25, 0.3) is 0 Å². The number of benzene rings is 3. The third-order valence-corrected chi connectivity index (χ3v) is 5.78. The van der Waals surface area contributed by atoms with Gasteiger partial charge in [0.1, 0.15) is 11.5 Å². The molecule has 0 aromatic heterocycles. The minimum atomic E-state index is -3.78. The van der Waals surface area contributed by atoms with Crippen LogP contribution in [0.1, 0.15) is 15.9 Å². The third-order valence-electron chi connectivity index (χ3n) is 4.13. The number of sulfonamides is 1. The Morgan fingerprint density at radius 3 is 2.39 bits per heavy atom. The third kappa shape index (κ3) is 5.74. The molecule has 160 valence electrons. The second-order valence-corrected chi connectivity index (χ2v) is 8.38. The molecule has 0 spiro atoms. The average molecular weight is 460 g/mol. The van der Waals surface area contributed by atoms with E-state index >= 15 is 0 Å². The second-order valence-electron chi connectivity index (χ2n) is 6.26. The van der Waals surface area contributed by atoms with E-state index in [4.69, 9.17) is 16.3 Å². The Hall–Kier alpha value is -3.56. The molecule has 1 amide bonds. The van der Waals surface area contributed by atoms with E-state index in [2.05, 4.69) is 15.2 Å². The molecule has 8 nitrogen and oxygen atoms in total. The van der Waals surface area contributed by atoms with Crippen LogP contribution in [0.3, 0.4) is 0 Å². The van der Waals surface area contributed by atoms with Gasteiger partial charge in [-0.2, -0.15) is 5.10 Å². The maximum atomic E-state index is 12.4. The fourth-order valence-corrected chi connectivity index (χ4v) is 3.69. The molecule has 0 saturated heterocycles. The minimum Gasteiger partial charge on any atom is -0.507 e. The van der Waals surface area contributed by atoms with Gasteiger partial charge in [-0.25, -0.2) is 13.8 Å². The number of phenolic OH excluding ortho intramolecular Hbond substituents is 1. The number of anilines is 1. The number of carbonyl (C=O) groups excluding carboxylic acids is 1. The minimum absolute atomic E-state index is 0.0175. The molecule has 0 aliphatic rings. The van der Waals surface area contributed by atoms with Crippen LogP contribution in [0.15, 0.2) is 76.7 Å². The van der Waals surface area contributed by atoms with Gasteiger partial charge < -0.3 is 9.84 Å². The van der Waals surface area contributed by atoms with Crippen LogP contribution in [0.4, 0.5) is 5.69 Å². The van der Waals surface area contributed by atoms with Crippen LogP contribution < -0.4 is 14.9 Å². The van der Waals surface area contributed by atoms with Crippen molar-refractivity contribution in [3.63, 3.8) is 0 Å². The van der Waals surface area contributed by atoms with Gasteiger partial charge in [0.15, 0.2) is 0 Å². The number of rotatable bonds is 7. The molecule has 0 fully saturated rings. The molecule has 3 aromatic carbocycles. The van der Waals surface area contributed by atoms with E-state index in [1.807, 2.05) is 0 Å². The zero-order chi connectivity index (χ0) is 22.4. The first-order valence-corrected chi connectivity index (χ1v) is 10.7. The van der Waals surface area contributed by atoms with Gasteiger partial charge in [-0.1, -0.05) is 11.6 Å². The summed E-state index contributed by atoms with van der Waals surface area (Å²) in [6.07, 6.45) is 1.28. The van der Waals surface area contributed by atoms with Crippen LogP contribution in [-0.4, -0.2) is 32.8 Å². The number of hydrazone groups is 1. The molecule has 0 saturated carbocycles. The first-order chi connectivity index (χ1) is 14.8. The number of amides is 1. The smallest absolute Gasteiger partial charge is 0.271 e. The number of ether oxygens (including phenoxy) is 1. The van der Waals surface area contributed by atoms with Crippen molar-refractivity contribution in [3.05, 3.63) is 82.9 Å². The van der Waals surface area contributed by atoms with Crippen molar-refractivity contribution in [3.8, 4) is 11.5 Å². The van der Waals surface area contributed by atoms with Gasteiger partial charge in [0.2, 0.25) is 0 Å². The van der Waals surface area contributed by atoms with E-state index in [9.17, 15) is 18.3 Å². The van der Waals surface area contributed by atoms with Crippen molar-refractivity contribution in [2.75, 3.05) is 11.8 Å². The first-order valence-electron chi connectivity index (χ1n) is 8.87. The Balaban J connectivity index is 1.64. The number of nitrogens with one attached hydrogen (secondary N) is 2. The molecular formula is C21H18ClN3O5S. The molecule has 3 N–H and O–H groups in total. The lowest BCUT2D eigenvalue weighted by Gasteiger charge is -2.09. The highest BCUT2D eigenvalue weighted by Gasteiger charge is 2.14. The molecular weight excluding hydrogens is 442 g/mol. The van der Waals surface area contributed by atoms with Gasteiger partial charge in [-0.05, 0) is 66.7 Å². The number of halogens is 1. The molecule has 0 bridgehead atoms. The summed E-state index contributed by atoms with van der Waals surface area (Å²) in [7, 11) is -2.29. The Morgan fingerprint density at radius 1 is 1.06 bits per heavy atom. The molecule has 10 heteroatoms. The van der Waals surface area contributed by atoms with Crippen molar-refractivity contribution in [2.24, 2.45) is 5.10 Å². The van der Waals surface area contributed by atoms with Gasteiger partial charge in [-0.15, -0.1) is 0 Å². The highest BCUT2D eigenvalue weighted by Crippen LogP contribution is 2.21. The number of methoxy groups -OCH3 is 1. The maximum absolute atomic E-state index is 12.4. The SMILES string of the molecule is COc1ccc(O)c(/C=N/NC(=O)c2ccc(NS(=O)(=O)c3ccc(Cl)cc3)cc2)c1. The summed E-state index contributed by atoms with van der Waals surface area (Å²) in [5, 5.41) is 14.1. The molecule has 0 aliphatic carbocycles. The number of hydrogen-bond donors (Lipinski definition) is 3. The van der Waals surface area contributed by atoms with Crippen molar-refractivity contribution in [2.45, 2.75) is 4.90 Å². The van der Waals surface area contributed by atoms with Crippen LogP contribution in [0.5, 0.6) is 11.5 Å². The van der Waals surface area contributed by atoms with E-state index < -0.39 is 15.9 Å². The summed E-state index contributed by atoms with van der Waals surface area (Å²) < 4.78 is 32.3. The average Bonchev–Trinajstić information content (AvgIpc) is 2.75. The highest BCUT2D eigenvalue weighted by atomic mass is 35.5. The van der Waals surface area contributed by atoms with Crippen LogP contribution in [0, 0.1) is 0 Å². The van der Waals surface area contributed by atoms with Crippen LogP contribution >= 0.6 is 11.6 Å². The highest BCUT2D eigenvalue weighted by molar-refractivity contribution is 7.92. The lowest BCUT2D eigenvalue weighted by Crippen LogP contribution is -2.18. The molecule has 0 unspecified atom stereocenters. The Labute approximate surface area is 184 Å². The predicted octanol–water partition coefficient (Wildman–Crippen LogP) is 3.62. The largest absolute Gasteiger partial charge is 0.507 e. The van der Waals surface area contributed by atoms with E-state index in [1.165, 1.54) is 67.9 Å². The molecule has 0 aliphatic heterocycles.